The molecule has 2 aromatic rings. The number of nitrogens with zero attached hydrogens (tertiary/aromatic N) is 2. The van der Waals surface area contributed by atoms with Crippen LogP contribution in [0.2, 0.25) is 0 Å². The van der Waals surface area contributed by atoms with Crippen LogP contribution in [-0.4, -0.2) is 32.6 Å². The van der Waals surface area contributed by atoms with Crippen molar-refractivity contribution in [3.05, 3.63) is 48.2 Å². The van der Waals surface area contributed by atoms with E-state index in [-0.39, 0.29) is 11.6 Å². The fourth-order valence-electron chi connectivity index (χ4n) is 1.72. The number of hydrogen-bond acceptors (Lipinski definition) is 5. The SMILES string of the molecule is CN(C)c1cccc(NS(=O)(=O)c2ccc(CO)cn2)c1. The molecule has 0 bridgehead atoms. The van der Waals surface area contributed by atoms with E-state index in [0.717, 1.165) is 5.69 Å². The summed E-state index contributed by atoms with van der Waals surface area (Å²) in [6.07, 6.45) is 1.34. The molecule has 0 amide bonds. The van der Waals surface area contributed by atoms with Gasteiger partial charge in [-0.2, -0.15) is 8.42 Å². The van der Waals surface area contributed by atoms with Crippen molar-refractivity contribution in [3.63, 3.8) is 0 Å². The molecule has 0 spiro atoms. The molecule has 0 radical (unpaired) electrons. The van der Waals surface area contributed by atoms with E-state index in [0.29, 0.717) is 11.3 Å². The predicted octanol–water partition coefficient (Wildman–Crippen LogP) is 1.44. The highest BCUT2D eigenvalue weighted by atomic mass is 32.2. The zero-order valence-corrected chi connectivity index (χ0v) is 12.6. The van der Waals surface area contributed by atoms with Gasteiger partial charge in [-0.1, -0.05) is 12.1 Å². The Bertz CT molecular complexity index is 712. The molecule has 7 heteroatoms. The molecule has 0 aliphatic heterocycles. The molecule has 0 saturated carbocycles. The molecular formula is C14H17N3O3S. The van der Waals surface area contributed by atoms with Gasteiger partial charge in [0, 0.05) is 26.0 Å². The van der Waals surface area contributed by atoms with Crippen molar-refractivity contribution in [2.24, 2.45) is 0 Å². The third kappa shape index (κ3) is 3.71. The number of pyridine rings is 1. The van der Waals surface area contributed by atoms with Gasteiger partial charge in [0.25, 0.3) is 10.0 Å². The number of aliphatic hydroxyl groups is 1. The van der Waals surface area contributed by atoms with Crippen LogP contribution in [0.3, 0.4) is 0 Å². The molecule has 6 nitrogen and oxygen atoms in total. The van der Waals surface area contributed by atoms with E-state index >= 15 is 0 Å². The number of rotatable bonds is 5. The quantitative estimate of drug-likeness (QED) is 0.873. The Hall–Kier alpha value is -2.12. The molecule has 112 valence electrons. The second-order valence-electron chi connectivity index (χ2n) is 4.71. The topological polar surface area (TPSA) is 82.5 Å². The van der Waals surface area contributed by atoms with Crippen LogP contribution in [0.15, 0.2) is 47.6 Å². The number of hydrogen-bond donors (Lipinski definition) is 2. The Balaban J connectivity index is 2.26. The average molecular weight is 307 g/mol. The fourth-order valence-corrected chi connectivity index (χ4v) is 2.70. The molecule has 2 N–H and O–H groups in total. The third-order valence-electron chi connectivity index (χ3n) is 2.87. The molecular weight excluding hydrogens is 290 g/mol. The first kappa shape index (κ1) is 15.3. The number of nitrogens with one attached hydrogen (secondary N) is 1. The highest BCUT2D eigenvalue weighted by Crippen LogP contribution is 2.20. The minimum atomic E-state index is -3.74. The van der Waals surface area contributed by atoms with Crippen LogP contribution in [0.25, 0.3) is 0 Å². The van der Waals surface area contributed by atoms with Gasteiger partial charge < -0.3 is 10.0 Å². The van der Waals surface area contributed by atoms with Crippen molar-refractivity contribution >= 4 is 21.4 Å². The van der Waals surface area contributed by atoms with Gasteiger partial charge in [0.15, 0.2) is 5.03 Å². The molecule has 1 aromatic carbocycles. The van der Waals surface area contributed by atoms with Gasteiger partial charge in [0.1, 0.15) is 0 Å². The number of aromatic nitrogens is 1. The maximum Gasteiger partial charge on any atom is 0.279 e. The summed E-state index contributed by atoms with van der Waals surface area (Å²) in [5.41, 5.74) is 1.91. The lowest BCUT2D eigenvalue weighted by atomic mass is 10.3. The molecule has 21 heavy (non-hydrogen) atoms. The van der Waals surface area contributed by atoms with E-state index in [1.165, 1.54) is 18.3 Å². The normalized spacial score (nSPS) is 11.2. The predicted molar refractivity (Wildman–Crippen MR) is 81.7 cm³/mol. The zero-order chi connectivity index (χ0) is 15.5. The second-order valence-corrected chi connectivity index (χ2v) is 6.34. The van der Waals surface area contributed by atoms with Crippen molar-refractivity contribution in [1.29, 1.82) is 0 Å². The number of anilines is 2. The van der Waals surface area contributed by atoms with E-state index in [9.17, 15) is 8.42 Å². The minimum absolute atomic E-state index is 0.0880. The molecule has 2 rings (SSSR count). The standard InChI is InChI=1S/C14H17N3O3S/c1-17(2)13-5-3-4-12(8-13)16-21(19,20)14-7-6-11(10-18)9-15-14/h3-9,16,18H,10H2,1-2H3. The van der Waals surface area contributed by atoms with Crippen LogP contribution in [0.5, 0.6) is 0 Å². The molecule has 0 unspecified atom stereocenters. The number of benzene rings is 1. The molecule has 0 aliphatic rings. The van der Waals surface area contributed by atoms with E-state index < -0.39 is 10.0 Å². The average Bonchev–Trinajstić information content (AvgIpc) is 2.47. The Morgan fingerprint density at radius 1 is 1.24 bits per heavy atom. The van der Waals surface area contributed by atoms with Gasteiger partial charge in [0.2, 0.25) is 0 Å². The molecule has 0 saturated heterocycles. The Morgan fingerprint density at radius 2 is 2.00 bits per heavy atom. The molecule has 1 aromatic heterocycles. The van der Waals surface area contributed by atoms with Crippen LogP contribution < -0.4 is 9.62 Å². The summed E-state index contributed by atoms with van der Waals surface area (Å²) in [6, 6.07) is 9.95. The van der Waals surface area contributed by atoms with E-state index in [2.05, 4.69) is 9.71 Å². The van der Waals surface area contributed by atoms with Crippen LogP contribution in [0, 0.1) is 0 Å². The monoisotopic (exact) mass is 307 g/mol. The summed E-state index contributed by atoms with van der Waals surface area (Å²) in [5.74, 6) is 0. The van der Waals surface area contributed by atoms with Crippen molar-refractivity contribution in [3.8, 4) is 0 Å². The Morgan fingerprint density at radius 3 is 2.57 bits per heavy atom. The summed E-state index contributed by atoms with van der Waals surface area (Å²) < 4.78 is 27.0. The lowest BCUT2D eigenvalue weighted by molar-refractivity contribution is 0.281. The first-order valence-corrected chi connectivity index (χ1v) is 7.77. The van der Waals surface area contributed by atoms with E-state index in [1.54, 1.807) is 18.2 Å². The summed E-state index contributed by atoms with van der Waals surface area (Å²) in [4.78, 5) is 5.74. The first-order valence-electron chi connectivity index (χ1n) is 6.28. The Kier molecular flexibility index (Phi) is 4.44. The van der Waals surface area contributed by atoms with Crippen molar-refractivity contribution in [1.82, 2.24) is 4.98 Å². The van der Waals surface area contributed by atoms with Crippen LogP contribution in [0.1, 0.15) is 5.56 Å². The van der Waals surface area contributed by atoms with Gasteiger partial charge in [-0.05, 0) is 29.8 Å². The lowest BCUT2D eigenvalue weighted by Gasteiger charge is -2.14. The molecule has 1 heterocycles. The van der Waals surface area contributed by atoms with Crippen LogP contribution in [0.4, 0.5) is 11.4 Å². The maximum absolute atomic E-state index is 12.2. The first-order chi connectivity index (χ1) is 9.92. The molecule has 0 aliphatic carbocycles. The molecule has 0 fully saturated rings. The highest BCUT2D eigenvalue weighted by molar-refractivity contribution is 7.92. The van der Waals surface area contributed by atoms with Crippen LogP contribution >= 0.6 is 0 Å². The summed E-state index contributed by atoms with van der Waals surface area (Å²) in [6.45, 7) is -0.175. The third-order valence-corrected chi connectivity index (χ3v) is 4.17. The van der Waals surface area contributed by atoms with Gasteiger partial charge in [-0.25, -0.2) is 4.98 Å². The summed E-state index contributed by atoms with van der Waals surface area (Å²) in [5, 5.41) is 8.85. The van der Waals surface area contributed by atoms with Crippen molar-refractivity contribution in [2.75, 3.05) is 23.7 Å². The maximum atomic E-state index is 12.2. The van der Waals surface area contributed by atoms with E-state index in [1.807, 2.05) is 25.1 Å². The Labute approximate surface area is 124 Å². The lowest BCUT2D eigenvalue weighted by Crippen LogP contribution is -2.15. The minimum Gasteiger partial charge on any atom is -0.392 e. The van der Waals surface area contributed by atoms with Gasteiger partial charge >= 0.3 is 0 Å². The van der Waals surface area contributed by atoms with E-state index in [4.69, 9.17) is 5.11 Å². The zero-order valence-electron chi connectivity index (χ0n) is 11.8. The smallest absolute Gasteiger partial charge is 0.279 e. The second kappa shape index (κ2) is 6.11. The number of aliphatic hydroxyl groups excluding tert-OH is 1. The largest absolute Gasteiger partial charge is 0.392 e. The highest BCUT2D eigenvalue weighted by Gasteiger charge is 2.16. The van der Waals surface area contributed by atoms with Crippen molar-refractivity contribution in [2.45, 2.75) is 11.6 Å². The fraction of sp³-hybridized carbons (Fsp3) is 0.214. The van der Waals surface area contributed by atoms with Crippen molar-refractivity contribution < 1.29 is 13.5 Å². The van der Waals surface area contributed by atoms with Gasteiger partial charge in [-0.15, -0.1) is 0 Å². The van der Waals surface area contributed by atoms with Gasteiger partial charge in [0.05, 0.1) is 12.3 Å². The summed E-state index contributed by atoms with van der Waals surface area (Å²) in [7, 11) is 0.0135. The number of sulfonamides is 1. The molecule has 0 atom stereocenters. The van der Waals surface area contributed by atoms with Gasteiger partial charge in [-0.3, -0.25) is 4.72 Å². The van der Waals surface area contributed by atoms with Crippen LogP contribution in [-0.2, 0) is 16.6 Å². The summed E-state index contributed by atoms with van der Waals surface area (Å²) >= 11 is 0.